The second-order valence-corrected chi connectivity index (χ2v) is 8.11. The van der Waals surface area contributed by atoms with Crippen molar-refractivity contribution in [2.24, 2.45) is 0 Å². The zero-order chi connectivity index (χ0) is 21.4. The number of halogens is 1. The number of aromatic amines is 1. The van der Waals surface area contributed by atoms with Gasteiger partial charge in [0, 0.05) is 12.6 Å². The molecule has 0 aliphatic carbocycles. The minimum Gasteiger partial charge on any atom is -0.338 e. The number of nitrogens with zero attached hydrogens (tertiary/aromatic N) is 2. The predicted molar refractivity (Wildman–Crippen MR) is 117 cm³/mol. The summed E-state index contributed by atoms with van der Waals surface area (Å²) in [6, 6.07) is 14.1. The molecule has 30 heavy (non-hydrogen) atoms. The van der Waals surface area contributed by atoms with Crippen molar-refractivity contribution in [3.05, 3.63) is 86.2 Å². The molecule has 0 amide bonds. The molecule has 0 spiro atoms. The fourth-order valence-corrected chi connectivity index (χ4v) is 3.84. The first kappa shape index (κ1) is 20.0. The van der Waals surface area contributed by atoms with Crippen molar-refractivity contribution < 1.29 is 4.39 Å². The second kappa shape index (κ2) is 7.86. The molecule has 0 radical (unpaired) electrons. The van der Waals surface area contributed by atoms with Gasteiger partial charge in [0.1, 0.15) is 5.82 Å². The first-order valence-electron chi connectivity index (χ1n) is 10.2. The lowest BCUT2D eigenvalue weighted by atomic mass is 9.97. The van der Waals surface area contributed by atoms with E-state index in [1.54, 1.807) is 12.1 Å². The molecule has 0 fully saturated rings. The van der Waals surface area contributed by atoms with Crippen LogP contribution in [0, 0.1) is 5.82 Å². The summed E-state index contributed by atoms with van der Waals surface area (Å²) in [5, 5.41) is 0. The van der Waals surface area contributed by atoms with Crippen LogP contribution in [-0.4, -0.2) is 14.5 Å². The van der Waals surface area contributed by atoms with Crippen LogP contribution in [0.1, 0.15) is 50.2 Å². The average molecular weight is 405 g/mol. The highest BCUT2D eigenvalue weighted by atomic mass is 19.1. The van der Waals surface area contributed by atoms with Crippen molar-refractivity contribution >= 4 is 11.0 Å². The van der Waals surface area contributed by atoms with Gasteiger partial charge in [-0.3, -0.25) is 14.6 Å². The Bertz CT molecular complexity index is 1310. The maximum absolute atomic E-state index is 13.6. The minimum atomic E-state index is -0.485. The van der Waals surface area contributed by atoms with Gasteiger partial charge in [0.25, 0.3) is 11.1 Å². The lowest BCUT2D eigenvalue weighted by Gasteiger charge is -2.20. The lowest BCUT2D eigenvalue weighted by Crippen LogP contribution is -2.25. The molecule has 1 N–H and O–H groups in total. The van der Waals surface area contributed by atoms with Crippen LogP contribution >= 0.6 is 0 Å². The highest BCUT2D eigenvalue weighted by Gasteiger charge is 2.18. The fourth-order valence-electron chi connectivity index (χ4n) is 3.84. The van der Waals surface area contributed by atoms with Crippen LogP contribution in [0.4, 0.5) is 4.39 Å². The SMILES string of the molecule is CC(C)c1ccc2c(c1)nc1c(=O)[nH]c(=O)cc-1n2CCC(C)c1cccc(F)c1. The van der Waals surface area contributed by atoms with E-state index in [1.807, 2.05) is 29.7 Å². The number of benzene rings is 2. The highest BCUT2D eigenvalue weighted by molar-refractivity contribution is 5.81. The molecule has 2 heterocycles. The molecule has 2 aromatic rings. The van der Waals surface area contributed by atoms with Crippen LogP contribution in [0.5, 0.6) is 0 Å². The van der Waals surface area contributed by atoms with Gasteiger partial charge < -0.3 is 4.57 Å². The maximum atomic E-state index is 13.6. The Kier molecular flexibility index (Phi) is 5.24. The standard InChI is InChI=1S/C24H24FN3O2/c1-14(2)16-7-8-20-19(12-16)26-23-21(13-22(29)27-24(23)30)28(20)10-9-15(3)17-5-4-6-18(25)11-17/h4-8,11-15H,9-10H2,1-3H3,(H,27,29,30). The zero-order valence-corrected chi connectivity index (χ0v) is 17.3. The van der Waals surface area contributed by atoms with Crippen molar-refractivity contribution in [1.82, 2.24) is 14.5 Å². The Hall–Kier alpha value is -3.28. The molecule has 5 nitrogen and oxygen atoms in total. The Balaban J connectivity index is 1.83. The molecule has 1 unspecified atom stereocenters. The zero-order valence-electron chi connectivity index (χ0n) is 17.3. The summed E-state index contributed by atoms with van der Waals surface area (Å²) in [7, 11) is 0. The molecular weight excluding hydrogens is 381 g/mol. The molecule has 4 rings (SSSR count). The maximum Gasteiger partial charge on any atom is 0.278 e. The van der Waals surface area contributed by atoms with E-state index in [-0.39, 0.29) is 17.4 Å². The van der Waals surface area contributed by atoms with E-state index in [1.165, 1.54) is 12.1 Å². The van der Waals surface area contributed by atoms with Gasteiger partial charge in [-0.15, -0.1) is 0 Å². The quantitative estimate of drug-likeness (QED) is 0.492. The van der Waals surface area contributed by atoms with Gasteiger partial charge in [0.2, 0.25) is 0 Å². The molecule has 2 aromatic carbocycles. The molecular formula is C24H24FN3O2. The van der Waals surface area contributed by atoms with Crippen LogP contribution in [0.2, 0.25) is 0 Å². The number of hydrogen-bond donors (Lipinski definition) is 1. The van der Waals surface area contributed by atoms with Crippen molar-refractivity contribution in [1.29, 1.82) is 0 Å². The number of H-pyrrole nitrogens is 1. The van der Waals surface area contributed by atoms with Crippen LogP contribution in [0.25, 0.3) is 22.4 Å². The van der Waals surface area contributed by atoms with Crippen molar-refractivity contribution in [3.63, 3.8) is 0 Å². The van der Waals surface area contributed by atoms with Gasteiger partial charge in [-0.1, -0.05) is 39.0 Å². The molecule has 0 saturated carbocycles. The van der Waals surface area contributed by atoms with E-state index in [0.29, 0.717) is 18.2 Å². The van der Waals surface area contributed by atoms with Gasteiger partial charge in [-0.2, -0.15) is 0 Å². The Morgan fingerprint density at radius 1 is 1.03 bits per heavy atom. The van der Waals surface area contributed by atoms with E-state index >= 15 is 0 Å². The Morgan fingerprint density at radius 2 is 1.83 bits per heavy atom. The van der Waals surface area contributed by atoms with Gasteiger partial charge in [-0.25, -0.2) is 9.37 Å². The number of rotatable bonds is 5. The number of fused-ring (bicyclic) bond motifs is 2. The molecule has 2 aliphatic rings. The van der Waals surface area contributed by atoms with Gasteiger partial charge in [0.15, 0.2) is 5.69 Å². The van der Waals surface area contributed by atoms with E-state index in [0.717, 1.165) is 28.6 Å². The third-order valence-corrected chi connectivity index (χ3v) is 5.65. The molecule has 2 aliphatic heterocycles. The van der Waals surface area contributed by atoms with Gasteiger partial charge >= 0.3 is 0 Å². The van der Waals surface area contributed by atoms with Crippen LogP contribution in [0.3, 0.4) is 0 Å². The summed E-state index contributed by atoms with van der Waals surface area (Å²) in [4.78, 5) is 31.3. The highest BCUT2D eigenvalue weighted by Crippen LogP contribution is 2.28. The Labute approximate surface area is 173 Å². The summed E-state index contributed by atoms with van der Waals surface area (Å²) in [6.45, 7) is 6.82. The normalized spacial score (nSPS) is 12.7. The Morgan fingerprint density at radius 3 is 2.57 bits per heavy atom. The summed E-state index contributed by atoms with van der Waals surface area (Å²) in [6.07, 6.45) is 0.718. The molecule has 6 heteroatoms. The largest absolute Gasteiger partial charge is 0.338 e. The number of aryl methyl sites for hydroxylation is 1. The molecule has 154 valence electrons. The van der Waals surface area contributed by atoms with Crippen molar-refractivity contribution in [2.45, 2.75) is 45.6 Å². The topological polar surface area (TPSA) is 67.8 Å². The number of pyridine rings is 1. The third kappa shape index (κ3) is 3.77. The number of aromatic nitrogens is 3. The van der Waals surface area contributed by atoms with Crippen LogP contribution in [0.15, 0.2) is 58.1 Å². The summed E-state index contributed by atoms with van der Waals surface area (Å²) in [5.74, 6) is 0.182. The smallest absolute Gasteiger partial charge is 0.278 e. The predicted octanol–water partition coefficient (Wildman–Crippen LogP) is 4.65. The van der Waals surface area contributed by atoms with E-state index in [4.69, 9.17) is 0 Å². The monoisotopic (exact) mass is 405 g/mol. The van der Waals surface area contributed by atoms with Crippen molar-refractivity contribution in [3.8, 4) is 11.4 Å². The minimum absolute atomic E-state index is 0.107. The lowest BCUT2D eigenvalue weighted by molar-refractivity contribution is 0.578. The molecule has 0 bridgehead atoms. The molecule has 0 saturated heterocycles. The van der Waals surface area contributed by atoms with E-state index in [9.17, 15) is 14.0 Å². The summed E-state index contributed by atoms with van der Waals surface area (Å²) < 4.78 is 15.6. The van der Waals surface area contributed by atoms with Gasteiger partial charge in [0.05, 0.1) is 16.7 Å². The van der Waals surface area contributed by atoms with Crippen LogP contribution < -0.4 is 11.1 Å². The first-order chi connectivity index (χ1) is 14.3. The molecule has 0 aromatic heterocycles. The number of hydrogen-bond acceptors (Lipinski definition) is 3. The summed E-state index contributed by atoms with van der Waals surface area (Å²) in [5.41, 5.74) is 3.47. The third-order valence-electron chi connectivity index (χ3n) is 5.65. The average Bonchev–Trinajstić information content (AvgIpc) is 2.71. The van der Waals surface area contributed by atoms with Crippen LogP contribution in [-0.2, 0) is 6.54 Å². The van der Waals surface area contributed by atoms with Crippen molar-refractivity contribution in [2.75, 3.05) is 0 Å². The molecule has 1 atom stereocenters. The van der Waals surface area contributed by atoms with E-state index < -0.39 is 11.1 Å². The first-order valence-corrected chi connectivity index (χ1v) is 10.2. The van der Waals surface area contributed by atoms with Gasteiger partial charge in [-0.05, 0) is 53.6 Å². The fraction of sp³-hybridized carbons (Fsp3) is 0.292. The second-order valence-electron chi connectivity index (χ2n) is 8.11. The number of nitrogens with one attached hydrogen (secondary N) is 1. The summed E-state index contributed by atoms with van der Waals surface area (Å²) >= 11 is 0. The van der Waals surface area contributed by atoms with E-state index in [2.05, 4.69) is 29.9 Å².